The quantitative estimate of drug-likeness (QED) is 0.476. The van der Waals surface area contributed by atoms with Crippen molar-refractivity contribution in [3.63, 3.8) is 0 Å². The summed E-state index contributed by atoms with van der Waals surface area (Å²) in [7, 11) is 0. The first-order valence-corrected chi connectivity index (χ1v) is 8.64. The first kappa shape index (κ1) is 18.8. The second kappa shape index (κ2) is 7.55. The minimum absolute atomic E-state index is 0.206. The van der Waals surface area contributed by atoms with E-state index in [2.05, 4.69) is 6.92 Å². The van der Waals surface area contributed by atoms with Gasteiger partial charge in [-0.1, -0.05) is 45.2 Å². The fourth-order valence-electron chi connectivity index (χ4n) is 3.52. The van der Waals surface area contributed by atoms with E-state index in [0.717, 1.165) is 24.8 Å². The molecule has 5 N–H and O–H groups in total. The second-order valence-electron chi connectivity index (χ2n) is 6.47. The summed E-state index contributed by atoms with van der Waals surface area (Å²) in [5.74, 6) is -1.70. The van der Waals surface area contributed by atoms with Crippen molar-refractivity contribution in [3.05, 3.63) is 41.5 Å². The molecule has 0 aromatic heterocycles. The first-order valence-electron chi connectivity index (χ1n) is 8.64. The summed E-state index contributed by atoms with van der Waals surface area (Å²) in [6.45, 7) is 4.09. The van der Waals surface area contributed by atoms with Crippen LogP contribution in [0.3, 0.4) is 0 Å². The third-order valence-corrected chi connectivity index (χ3v) is 4.81. The molecule has 0 saturated heterocycles. The average Bonchev–Trinajstić information content (AvgIpc) is 2.59. The maximum absolute atomic E-state index is 10.5. The van der Waals surface area contributed by atoms with Gasteiger partial charge in [0, 0.05) is 11.0 Å². The zero-order valence-corrected chi connectivity index (χ0v) is 14.7. The highest BCUT2D eigenvalue weighted by Crippen LogP contribution is 2.50. The molecule has 0 amide bonds. The number of rotatable bonds is 7. The van der Waals surface area contributed by atoms with E-state index in [1.165, 1.54) is 18.2 Å². The number of hydrogen-bond donors (Lipinski definition) is 5. The van der Waals surface area contributed by atoms with Crippen molar-refractivity contribution in [2.75, 3.05) is 0 Å². The topological polar surface area (TPSA) is 101 Å². The molecule has 0 spiro atoms. The van der Waals surface area contributed by atoms with Crippen molar-refractivity contribution in [1.82, 2.24) is 0 Å². The number of hydrogen-bond acceptors (Lipinski definition) is 5. The first-order chi connectivity index (χ1) is 11.9. The zero-order chi connectivity index (χ0) is 18.6. The molecule has 2 rings (SSSR count). The highest BCUT2D eigenvalue weighted by molar-refractivity contribution is 5.59. The Morgan fingerprint density at radius 1 is 0.720 bits per heavy atom. The average molecular weight is 346 g/mol. The van der Waals surface area contributed by atoms with E-state index in [-0.39, 0.29) is 23.0 Å². The van der Waals surface area contributed by atoms with Gasteiger partial charge in [0.05, 0.1) is 0 Å². The summed E-state index contributed by atoms with van der Waals surface area (Å²) < 4.78 is 0. The zero-order valence-electron chi connectivity index (χ0n) is 14.7. The third-order valence-electron chi connectivity index (χ3n) is 4.81. The van der Waals surface area contributed by atoms with Gasteiger partial charge in [-0.25, -0.2) is 0 Å². The van der Waals surface area contributed by atoms with E-state index in [0.29, 0.717) is 18.4 Å². The van der Waals surface area contributed by atoms with Gasteiger partial charge < -0.3 is 25.5 Å². The van der Waals surface area contributed by atoms with Gasteiger partial charge in [-0.2, -0.15) is 0 Å². The van der Waals surface area contributed by atoms with Gasteiger partial charge in [0.15, 0.2) is 23.0 Å². The van der Waals surface area contributed by atoms with Gasteiger partial charge >= 0.3 is 0 Å². The third kappa shape index (κ3) is 3.45. The van der Waals surface area contributed by atoms with Gasteiger partial charge in [0.1, 0.15) is 0 Å². The van der Waals surface area contributed by atoms with E-state index in [9.17, 15) is 25.5 Å². The highest BCUT2D eigenvalue weighted by Gasteiger charge is 2.37. The summed E-state index contributed by atoms with van der Waals surface area (Å²) in [4.78, 5) is 0. The monoisotopic (exact) mass is 346 g/mol. The predicted molar refractivity (Wildman–Crippen MR) is 96.4 cm³/mol. The van der Waals surface area contributed by atoms with Crippen LogP contribution in [0.25, 0.3) is 0 Å². The lowest BCUT2D eigenvalue weighted by Crippen LogP contribution is -2.28. The van der Waals surface area contributed by atoms with Crippen LogP contribution < -0.4 is 0 Å². The summed E-state index contributed by atoms with van der Waals surface area (Å²) in [5, 5.41) is 49.8. The van der Waals surface area contributed by atoms with Crippen LogP contribution in [0.15, 0.2) is 30.3 Å². The predicted octanol–water partition coefficient (Wildman–Crippen LogP) is 4.49. The van der Waals surface area contributed by atoms with Crippen molar-refractivity contribution in [2.45, 2.75) is 51.4 Å². The Morgan fingerprint density at radius 3 is 2.00 bits per heavy atom. The van der Waals surface area contributed by atoms with Crippen molar-refractivity contribution in [2.24, 2.45) is 0 Å². The van der Waals surface area contributed by atoms with E-state index in [1.807, 2.05) is 6.92 Å². The van der Waals surface area contributed by atoms with Crippen LogP contribution in [0.5, 0.6) is 28.7 Å². The number of phenols is 5. The maximum atomic E-state index is 10.5. The number of aromatic hydroxyl groups is 5. The normalized spacial score (nSPS) is 13.5. The van der Waals surface area contributed by atoms with Crippen molar-refractivity contribution < 1.29 is 25.5 Å². The minimum Gasteiger partial charge on any atom is -0.504 e. The molecule has 1 atom stereocenters. The molecule has 5 heteroatoms. The lowest BCUT2D eigenvalue weighted by atomic mass is 9.68. The lowest BCUT2D eigenvalue weighted by Gasteiger charge is -2.36. The van der Waals surface area contributed by atoms with Gasteiger partial charge in [-0.15, -0.1) is 0 Å². The maximum Gasteiger partial charge on any atom is 0.200 e. The Bertz CT molecular complexity index is 741. The molecule has 0 heterocycles. The summed E-state index contributed by atoms with van der Waals surface area (Å²) in [5.41, 5.74) is 0.604. The number of phenolic OH excluding ortho intramolecular Hbond substituents is 5. The lowest BCUT2D eigenvalue weighted by molar-refractivity contribution is 0.344. The van der Waals surface area contributed by atoms with E-state index < -0.39 is 11.2 Å². The van der Waals surface area contributed by atoms with Crippen LogP contribution in [-0.4, -0.2) is 25.5 Å². The molecule has 25 heavy (non-hydrogen) atoms. The molecule has 0 aliphatic carbocycles. The van der Waals surface area contributed by atoms with Crippen LogP contribution in [0.2, 0.25) is 0 Å². The highest BCUT2D eigenvalue weighted by atomic mass is 16.3. The van der Waals surface area contributed by atoms with Gasteiger partial charge in [-0.3, -0.25) is 0 Å². The molecular formula is C20H26O5. The molecular weight excluding hydrogens is 320 g/mol. The Labute approximate surface area is 147 Å². The summed E-state index contributed by atoms with van der Waals surface area (Å²) >= 11 is 0. The van der Waals surface area contributed by atoms with Crippen LogP contribution in [0.1, 0.15) is 57.1 Å². The van der Waals surface area contributed by atoms with Gasteiger partial charge in [0.2, 0.25) is 5.75 Å². The van der Waals surface area contributed by atoms with Crippen LogP contribution >= 0.6 is 0 Å². The van der Waals surface area contributed by atoms with Crippen LogP contribution in [-0.2, 0) is 5.41 Å². The molecule has 0 fully saturated rings. The van der Waals surface area contributed by atoms with Gasteiger partial charge in [-0.05, 0) is 36.6 Å². The van der Waals surface area contributed by atoms with Crippen molar-refractivity contribution >= 4 is 0 Å². The fraction of sp³-hybridized carbons (Fsp3) is 0.400. The Morgan fingerprint density at radius 2 is 1.40 bits per heavy atom. The summed E-state index contributed by atoms with van der Waals surface area (Å²) in [6, 6.07) is 7.63. The number of unbranched alkanes of at least 4 members (excludes halogenated alkanes) is 1. The smallest absolute Gasteiger partial charge is 0.200 e. The number of benzene rings is 2. The van der Waals surface area contributed by atoms with Crippen LogP contribution in [0, 0.1) is 0 Å². The Balaban J connectivity index is 2.74. The van der Waals surface area contributed by atoms with E-state index in [4.69, 9.17) is 0 Å². The molecule has 1 unspecified atom stereocenters. The molecule has 0 bridgehead atoms. The molecule has 2 aromatic carbocycles. The molecule has 0 saturated carbocycles. The van der Waals surface area contributed by atoms with Crippen molar-refractivity contribution in [3.8, 4) is 28.7 Å². The van der Waals surface area contributed by atoms with E-state index >= 15 is 0 Å². The molecule has 2 aromatic rings. The molecule has 5 nitrogen and oxygen atoms in total. The SMILES string of the molecule is CCCCC(CCC)(c1ccc(O)c(O)c1)c1ccc(O)c(O)c1O. The standard InChI is InChI=1S/C20H26O5/c1-3-5-11-20(10-4-2,13-6-8-15(21)17(23)12-13)14-7-9-16(22)19(25)18(14)24/h6-9,12,21-25H,3-5,10-11H2,1-2H3. The Kier molecular flexibility index (Phi) is 5.67. The molecule has 136 valence electrons. The van der Waals surface area contributed by atoms with Crippen LogP contribution in [0.4, 0.5) is 0 Å². The fourth-order valence-corrected chi connectivity index (χ4v) is 3.52. The Hall–Kier alpha value is -2.56. The minimum atomic E-state index is -0.648. The molecule has 0 aliphatic rings. The van der Waals surface area contributed by atoms with E-state index in [1.54, 1.807) is 12.1 Å². The summed E-state index contributed by atoms with van der Waals surface area (Å²) in [6.07, 6.45) is 4.00. The largest absolute Gasteiger partial charge is 0.504 e. The molecule has 0 aliphatic heterocycles. The second-order valence-corrected chi connectivity index (χ2v) is 6.47. The van der Waals surface area contributed by atoms with Gasteiger partial charge in [0.25, 0.3) is 0 Å². The molecule has 0 radical (unpaired) electrons. The van der Waals surface area contributed by atoms with Crippen molar-refractivity contribution in [1.29, 1.82) is 0 Å².